The standard InChI is InChI=1S/C23H18N4O2/c1-28-19-5-3-4-15(22(19)29-2)16-10-13-6-8-25-11-17(13)21-20(16)14-7-9-26-12-18(14)23(24)27-21/h3-12H,1-2H3,(H2,24,27). The molecule has 2 N–H and O–H groups in total. The molecule has 5 aromatic rings. The number of anilines is 1. The Morgan fingerprint density at radius 2 is 1.62 bits per heavy atom. The van der Waals surface area contributed by atoms with Crippen molar-refractivity contribution in [2.75, 3.05) is 20.0 Å². The van der Waals surface area contributed by atoms with Gasteiger partial charge in [-0.1, -0.05) is 12.1 Å². The Bertz CT molecular complexity index is 1400. The topological polar surface area (TPSA) is 83.2 Å². The minimum Gasteiger partial charge on any atom is -0.493 e. The quantitative estimate of drug-likeness (QED) is 0.459. The summed E-state index contributed by atoms with van der Waals surface area (Å²) in [6.45, 7) is 0. The summed E-state index contributed by atoms with van der Waals surface area (Å²) in [7, 11) is 3.28. The summed E-state index contributed by atoms with van der Waals surface area (Å²) in [5, 5.41) is 4.73. The van der Waals surface area contributed by atoms with Crippen molar-refractivity contribution in [3.8, 4) is 22.6 Å². The van der Waals surface area contributed by atoms with E-state index < -0.39 is 0 Å². The fourth-order valence-electron chi connectivity index (χ4n) is 3.92. The van der Waals surface area contributed by atoms with Gasteiger partial charge in [0.15, 0.2) is 11.5 Å². The Kier molecular flexibility index (Phi) is 3.91. The third-order valence-electron chi connectivity index (χ3n) is 5.21. The predicted octanol–water partition coefficient (Wildman–Crippen LogP) is 4.60. The van der Waals surface area contributed by atoms with E-state index in [-0.39, 0.29) is 0 Å². The SMILES string of the molecule is COc1cccc(-c2cc3ccncc3c3nc(N)c4cnccc4c23)c1OC. The molecular weight excluding hydrogens is 364 g/mol. The fraction of sp³-hybridized carbons (Fsp3) is 0.0870. The number of hydrogen-bond acceptors (Lipinski definition) is 6. The smallest absolute Gasteiger partial charge is 0.168 e. The van der Waals surface area contributed by atoms with E-state index in [1.165, 1.54) is 0 Å². The van der Waals surface area contributed by atoms with Crippen LogP contribution >= 0.6 is 0 Å². The summed E-state index contributed by atoms with van der Waals surface area (Å²) in [5.41, 5.74) is 8.99. The van der Waals surface area contributed by atoms with Crippen molar-refractivity contribution < 1.29 is 9.47 Å². The zero-order valence-corrected chi connectivity index (χ0v) is 16.0. The van der Waals surface area contributed by atoms with Crippen LogP contribution < -0.4 is 15.2 Å². The Labute approximate surface area is 166 Å². The number of benzene rings is 2. The molecule has 3 heterocycles. The summed E-state index contributed by atoms with van der Waals surface area (Å²) < 4.78 is 11.2. The van der Waals surface area contributed by atoms with Crippen molar-refractivity contribution >= 4 is 38.3 Å². The number of hydrogen-bond donors (Lipinski definition) is 1. The molecule has 0 saturated carbocycles. The van der Waals surface area contributed by atoms with Crippen LogP contribution in [0.25, 0.3) is 43.6 Å². The lowest BCUT2D eigenvalue weighted by atomic mass is 9.93. The minimum atomic E-state index is 0.445. The van der Waals surface area contributed by atoms with Gasteiger partial charge in [-0.2, -0.15) is 0 Å². The number of aromatic nitrogens is 3. The molecule has 0 unspecified atom stereocenters. The number of nitrogens with zero attached hydrogens (tertiary/aromatic N) is 3. The van der Waals surface area contributed by atoms with E-state index in [1.807, 2.05) is 36.5 Å². The van der Waals surface area contributed by atoms with Gasteiger partial charge in [0, 0.05) is 46.5 Å². The van der Waals surface area contributed by atoms with Crippen LogP contribution in [-0.2, 0) is 0 Å². The van der Waals surface area contributed by atoms with Crippen molar-refractivity contribution in [3.63, 3.8) is 0 Å². The number of ether oxygens (including phenoxy) is 2. The molecule has 0 atom stereocenters. The van der Waals surface area contributed by atoms with Crippen LogP contribution in [0.2, 0.25) is 0 Å². The Balaban J connectivity index is 2.05. The van der Waals surface area contributed by atoms with Gasteiger partial charge in [0.25, 0.3) is 0 Å². The molecular formula is C23H18N4O2. The van der Waals surface area contributed by atoms with Crippen molar-refractivity contribution in [2.45, 2.75) is 0 Å². The number of fused-ring (bicyclic) bond motifs is 5. The number of nitrogen functional groups attached to an aromatic ring is 1. The molecule has 0 amide bonds. The molecule has 0 spiro atoms. The third-order valence-corrected chi connectivity index (χ3v) is 5.21. The number of rotatable bonds is 3. The molecule has 0 aliphatic carbocycles. The largest absolute Gasteiger partial charge is 0.493 e. The number of nitrogens with two attached hydrogens (primary N) is 1. The maximum absolute atomic E-state index is 6.29. The van der Waals surface area contributed by atoms with Gasteiger partial charge in [-0.05, 0) is 40.6 Å². The van der Waals surface area contributed by atoms with Crippen LogP contribution in [-0.4, -0.2) is 29.2 Å². The van der Waals surface area contributed by atoms with E-state index in [0.717, 1.165) is 43.6 Å². The van der Waals surface area contributed by atoms with Crippen molar-refractivity contribution in [1.82, 2.24) is 15.0 Å². The van der Waals surface area contributed by atoms with Gasteiger partial charge in [-0.15, -0.1) is 0 Å². The van der Waals surface area contributed by atoms with Gasteiger partial charge in [0.05, 0.1) is 19.7 Å². The molecule has 6 nitrogen and oxygen atoms in total. The van der Waals surface area contributed by atoms with Crippen molar-refractivity contribution in [1.29, 1.82) is 0 Å². The molecule has 0 aliphatic heterocycles. The Hall–Kier alpha value is -3.93. The molecule has 29 heavy (non-hydrogen) atoms. The minimum absolute atomic E-state index is 0.445. The highest BCUT2D eigenvalue weighted by molar-refractivity contribution is 6.23. The normalized spacial score (nSPS) is 11.2. The van der Waals surface area contributed by atoms with E-state index in [4.69, 9.17) is 20.2 Å². The van der Waals surface area contributed by atoms with E-state index in [9.17, 15) is 0 Å². The summed E-state index contributed by atoms with van der Waals surface area (Å²) in [6.07, 6.45) is 7.11. The average molecular weight is 382 g/mol. The lowest BCUT2D eigenvalue weighted by Gasteiger charge is -2.17. The monoisotopic (exact) mass is 382 g/mol. The summed E-state index contributed by atoms with van der Waals surface area (Å²) in [5.74, 6) is 1.78. The predicted molar refractivity (Wildman–Crippen MR) is 115 cm³/mol. The lowest BCUT2D eigenvalue weighted by Crippen LogP contribution is -1.98. The second-order valence-corrected chi connectivity index (χ2v) is 6.70. The van der Waals surface area contributed by atoms with Crippen LogP contribution in [0.4, 0.5) is 5.82 Å². The maximum Gasteiger partial charge on any atom is 0.168 e. The van der Waals surface area contributed by atoms with Gasteiger partial charge < -0.3 is 15.2 Å². The number of methoxy groups -OCH3 is 2. The van der Waals surface area contributed by atoms with Gasteiger partial charge in [0.1, 0.15) is 5.82 Å². The summed E-state index contributed by atoms with van der Waals surface area (Å²) in [6, 6.07) is 11.9. The molecule has 0 fully saturated rings. The van der Waals surface area contributed by atoms with E-state index in [2.05, 4.69) is 16.0 Å². The van der Waals surface area contributed by atoms with Crippen LogP contribution in [0.1, 0.15) is 0 Å². The molecule has 142 valence electrons. The zero-order valence-electron chi connectivity index (χ0n) is 16.0. The highest BCUT2D eigenvalue weighted by Gasteiger charge is 2.19. The van der Waals surface area contributed by atoms with Crippen LogP contribution in [0.15, 0.2) is 61.2 Å². The first-order valence-electron chi connectivity index (χ1n) is 9.14. The van der Waals surface area contributed by atoms with E-state index in [0.29, 0.717) is 17.3 Å². The zero-order chi connectivity index (χ0) is 20.0. The number of pyridine rings is 3. The Morgan fingerprint density at radius 1 is 0.828 bits per heavy atom. The second kappa shape index (κ2) is 6.60. The first-order valence-corrected chi connectivity index (χ1v) is 9.14. The Morgan fingerprint density at radius 3 is 2.41 bits per heavy atom. The molecule has 0 bridgehead atoms. The van der Waals surface area contributed by atoms with Crippen LogP contribution in [0.3, 0.4) is 0 Å². The molecule has 3 aromatic heterocycles. The maximum atomic E-state index is 6.29. The summed E-state index contributed by atoms with van der Waals surface area (Å²) >= 11 is 0. The molecule has 0 saturated heterocycles. The highest BCUT2D eigenvalue weighted by Crippen LogP contribution is 2.44. The molecule has 0 aliphatic rings. The second-order valence-electron chi connectivity index (χ2n) is 6.70. The molecule has 5 rings (SSSR count). The van der Waals surface area contributed by atoms with Crippen LogP contribution in [0.5, 0.6) is 11.5 Å². The first-order chi connectivity index (χ1) is 14.2. The van der Waals surface area contributed by atoms with E-state index in [1.54, 1.807) is 32.8 Å². The van der Waals surface area contributed by atoms with Crippen molar-refractivity contribution in [3.05, 3.63) is 61.2 Å². The van der Waals surface area contributed by atoms with Gasteiger partial charge in [-0.3, -0.25) is 9.97 Å². The van der Waals surface area contributed by atoms with Crippen LogP contribution in [0, 0.1) is 0 Å². The van der Waals surface area contributed by atoms with E-state index >= 15 is 0 Å². The molecule has 6 heteroatoms. The molecule has 2 aromatic carbocycles. The third kappa shape index (κ3) is 2.53. The average Bonchev–Trinajstić information content (AvgIpc) is 2.78. The first kappa shape index (κ1) is 17.2. The number of para-hydroxylation sites is 1. The van der Waals surface area contributed by atoms with Crippen molar-refractivity contribution in [2.24, 2.45) is 0 Å². The summed E-state index contributed by atoms with van der Waals surface area (Å²) in [4.78, 5) is 13.3. The van der Waals surface area contributed by atoms with Gasteiger partial charge in [0.2, 0.25) is 0 Å². The lowest BCUT2D eigenvalue weighted by molar-refractivity contribution is 0.356. The molecule has 0 radical (unpaired) electrons. The highest BCUT2D eigenvalue weighted by atomic mass is 16.5. The van der Waals surface area contributed by atoms with Gasteiger partial charge >= 0.3 is 0 Å². The van der Waals surface area contributed by atoms with Gasteiger partial charge in [-0.25, -0.2) is 4.98 Å². The fourth-order valence-corrected chi connectivity index (χ4v) is 3.92.